The normalized spacial score (nSPS) is 17.4. The highest BCUT2D eigenvalue weighted by Crippen LogP contribution is 2.35. The molecule has 3 heterocycles. The van der Waals surface area contributed by atoms with Crippen LogP contribution in [0.4, 0.5) is 0 Å². The Morgan fingerprint density at radius 1 is 1.09 bits per heavy atom. The van der Waals surface area contributed by atoms with Gasteiger partial charge in [-0.15, -0.1) is 0 Å². The molecule has 174 valence electrons. The molecule has 34 heavy (non-hydrogen) atoms. The number of thioether (sulfide) groups is 1. The number of piperidine rings is 1. The highest BCUT2D eigenvalue weighted by molar-refractivity contribution is 8.18. The van der Waals surface area contributed by atoms with E-state index in [0.29, 0.717) is 11.5 Å². The van der Waals surface area contributed by atoms with Crippen molar-refractivity contribution in [2.24, 2.45) is 4.99 Å². The number of aryl methyl sites for hydroxylation is 1. The van der Waals surface area contributed by atoms with Crippen LogP contribution < -0.4 is 4.74 Å². The molecule has 5 rings (SSSR count). The number of hydrogen-bond acceptors (Lipinski definition) is 5. The minimum absolute atomic E-state index is 0.174. The Morgan fingerprint density at radius 3 is 2.62 bits per heavy atom. The van der Waals surface area contributed by atoms with Gasteiger partial charge in [0.15, 0.2) is 5.17 Å². The van der Waals surface area contributed by atoms with Crippen LogP contribution in [0.3, 0.4) is 0 Å². The molecule has 2 aliphatic heterocycles. The predicted octanol–water partition coefficient (Wildman–Crippen LogP) is 5.70. The number of likely N-dealkylation sites (tertiary alicyclic amines) is 1. The minimum atomic E-state index is -0.174. The maximum absolute atomic E-state index is 12.8. The molecule has 0 spiro atoms. The third-order valence-electron chi connectivity index (χ3n) is 6.03. The van der Waals surface area contributed by atoms with Crippen molar-refractivity contribution in [2.75, 3.05) is 19.7 Å². The number of aliphatic imine (C=N–C) groups is 1. The lowest BCUT2D eigenvalue weighted by molar-refractivity contribution is -0.113. The number of rotatable bonds is 5. The lowest BCUT2D eigenvalue weighted by Gasteiger charge is -2.27. The van der Waals surface area contributed by atoms with Gasteiger partial charge in [-0.25, -0.2) is 4.68 Å². The average Bonchev–Trinajstić information content (AvgIpc) is 3.45. The topological polar surface area (TPSA) is 59.7 Å². The Morgan fingerprint density at radius 2 is 1.88 bits per heavy atom. The molecule has 6 nitrogen and oxygen atoms in total. The fourth-order valence-corrected chi connectivity index (χ4v) is 5.26. The van der Waals surface area contributed by atoms with E-state index in [0.717, 1.165) is 64.9 Å². The molecule has 0 bridgehead atoms. The third kappa shape index (κ3) is 4.66. The second-order valence-corrected chi connectivity index (χ2v) is 9.49. The van der Waals surface area contributed by atoms with Gasteiger partial charge in [-0.05, 0) is 86.8 Å². The molecular weight excluding hydrogens is 444 g/mol. The first-order chi connectivity index (χ1) is 16.6. The van der Waals surface area contributed by atoms with E-state index in [1.165, 1.54) is 18.2 Å². The minimum Gasteiger partial charge on any atom is -0.494 e. The van der Waals surface area contributed by atoms with Gasteiger partial charge in [0.25, 0.3) is 5.91 Å². The summed E-state index contributed by atoms with van der Waals surface area (Å²) in [6.45, 7) is 6.58. The fourth-order valence-electron chi connectivity index (χ4n) is 4.30. The van der Waals surface area contributed by atoms with Crippen LogP contribution >= 0.6 is 11.8 Å². The largest absolute Gasteiger partial charge is 0.494 e. The first-order valence-corrected chi connectivity index (χ1v) is 12.6. The van der Waals surface area contributed by atoms with E-state index in [1.807, 2.05) is 73.3 Å². The molecule has 1 fully saturated rings. The van der Waals surface area contributed by atoms with Crippen LogP contribution in [0.5, 0.6) is 5.75 Å². The van der Waals surface area contributed by atoms with Crippen LogP contribution in [0.2, 0.25) is 0 Å². The van der Waals surface area contributed by atoms with Gasteiger partial charge in [0, 0.05) is 30.4 Å². The molecule has 0 N–H and O–H groups in total. The molecule has 1 aromatic heterocycles. The highest BCUT2D eigenvalue weighted by atomic mass is 32.2. The van der Waals surface area contributed by atoms with Gasteiger partial charge in [-0.1, -0.05) is 18.2 Å². The predicted molar refractivity (Wildman–Crippen MR) is 138 cm³/mol. The summed E-state index contributed by atoms with van der Waals surface area (Å²) in [5.74, 6) is 0.696. The lowest BCUT2D eigenvalue weighted by atomic mass is 10.0. The number of carbonyl (C=O) groups excluding carboxylic acids is 1. The number of carbonyl (C=O) groups is 1. The Bertz CT molecular complexity index is 1260. The summed E-state index contributed by atoms with van der Waals surface area (Å²) in [5, 5.41) is 5.73. The first-order valence-electron chi connectivity index (χ1n) is 11.8. The molecule has 3 aromatic rings. The molecule has 2 aliphatic rings. The third-order valence-corrected chi connectivity index (χ3v) is 7.08. The number of hydrogen-bond donors (Lipinski definition) is 0. The van der Waals surface area contributed by atoms with Gasteiger partial charge in [-0.3, -0.25) is 4.79 Å². The van der Waals surface area contributed by atoms with E-state index in [4.69, 9.17) is 9.84 Å². The maximum Gasteiger partial charge on any atom is 0.286 e. The lowest BCUT2D eigenvalue weighted by Crippen LogP contribution is -2.33. The second kappa shape index (κ2) is 9.89. The van der Waals surface area contributed by atoms with Gasteiger partial charge < -0.3 is 9.64 Å². The van der Waals surface area contributed by atoms with Crippen molar-refractivity contribution in [3.05, 3.63) is 70.8 Å². The molecule has 7 heteroatoms. The molecule has 0 saturated carbocycles. The van der Waals surface area contributed by atoms with E-state index in [-0.39, 0.29) is 5.91 Å². The zero-order valence-electron chi connectivity index (χ0n) is 19.5. The molecule has 1 amide bonds. The van der Waals surface area contributed by atoms with Crippen molar-refractivity contribution >= 4 is 28.9 Å². The standard InChI is InChI=1S/C27H28N4O2S/c1-3-33-23-13-12-20(16-19(23)2)25-21(18-31(29-25)22-10-6-4-7-11-22)17-24-26(32)28-27(34-24)30-14-8-5-9-15-30/h4,6-7,10-13,16-18H,3,5,8-9,14-15H2,1-2H3. The Balaban J connectivity index is 1.52. The van der Waals surface area contributed by atoms with Crippen molar-refractivity contribution in [2.45, 2.75) is 33.1 Å². The summed E-state index contributed by atoms with van der Waals surface area (Å²) in [5.41, 5.74) is 4.71. The number of amides is 1. The second-order valence-electron chi connectivity index (χ2n) is 8.48. The summed E-state index contributed by atoms with van der Waals surface area (Å²) in [6, 6.07) is 16.1. The zero-order valence-corrected chi connectivity index (χ0v) is 20.3. The van der Waals surface area contributed by atoms with Gasteiger partial charge >= 0.3 is 0 Å². The Labute approximate surface area is 204 Å². The van der Waals surface area contributed by atoms with Crippen LogP contribution in [0.15, 0.2) is 64.6 Å². The summed E-state index contributed by atoms with van der Waals surface area (Å²) in [4.78, 5) is 20.0. The smallest absolute Gasteiger partial charge is 0.286 e. The molecular formula is C27H28N4O2S. The fraction of sp³-hybridized carbons (Fsp3) is 0.296. The average molecular weight is 473 g/mol. The van der Waals surface area contributed by atoms with E-state index < -0.39 is 0 Å². The van der Waals surface area contributed by atoms with Crippen molar-refractivity contribution in [1.82, 2.24) is 14.7 Å². The Hall–Kier alpha value is -3.32. The molecule has 0 aliphatic carbocycles. The van der Waals surface area contributed by atoms with E-state index in [1.54, 1.807) is 0 Å². The molecule has 0 radical (unpaired) electrons. The van der Waals surface area contributed by atoms with Crippen molar-refractivity contribution in [1.29, 1.82) is 0 Å². The van der Waals surface area contributed by atoms with Gasteiger partial charge in [-0.2, -0.15) is 10.1 Å². The van der Waals surface area contributed by atoms with E-state index >= 15 is 0 Å². The first kappa shape index (κ1) is 22.5. The number of ether oxygens (including phenoxy) is 1. The molecule has 1 saturated heterocycles. The maximum atomic E-state index is 12.8. The molecule has 2 aromatic carbocycles. The number of benzene rings is 2. The van der Waals surface area contributed by atoms with Crippen molar-refractivity contribution < 1.29 is 9.53 Å². The van der Waals surface area contributed by atoms with Crippen LogP contribution in [-0.2, 0) is 4.79 Å². The van der Waals surface area contributed by atoms with Crippen LogP contribution in [0.1, 0.15) is 37.3 Å². The van der Waals surface area contributed by atoms with Crippen molar-refractivity contribution in [3.8, 4) is 22.7 Å². The SMILES string of the molecule is CCOc1ccc(-c2nn(-c3ccccc3)cc2C=C2SC(N3CCCCC3)=NC2=O)cc1C. The van der Waals surface area contributed by atoms with Gasteiger partial charge in [0.05, 0.1) is 17.2 Å². The highest BCUT2D eigenvalue weighted by Gasteiger charge is 2.27. The monoisotopic (exact) mass is 472 g/mol. The van der Waals surface area contributed by atoms with Gasteiger partial charge in [0.1, 0.15) is 11.4 Å². The van der Waals surface area contributed by atoms with Crippen LogP contribution in [0.25, 0.3) is 23.0 Å². The molecule has 0 unspecified atom stereocenters. The van der Waals surface area contributed by atoms with Gasteiger partial charge in [0.2, 0.25) is 0 Å². The summed E-state index contributed by atoms with van der Waals surface area (Å²) < 4.78 is 7.58. The quantitative estimate of drug-likeness (QED) is 0.446. The summed E-state index contributed by atoms with van der Waals surface area (Å²) >= 11 is 1.47. The van der Waals surface area contributed by atoms with E-state index in [9.17, 15) is 4.79 Å². The Kier molecular flexibility index (Phi) is 6.54. The number of para-hydroxylation sites is 1. The number of aromatic nitrogens is 2. The molecule has 0 atom stereocenters. The van der Waals surface area contributed by atoms with E-state index in [2.05, 4.69) is 16.0 Å². The van der Waals surface area contributed by atoms with Crippen molar-refractivity contribution in [3.63, 3.8) is 0 Å². The summed E-state index contributed by atoms with van der Waals surface area (Å²) in [7, 11) is 0. The van der Waals surface area contributed by atoms with Crippen LogP contribution in [-0.4, -0.2) is 45.5 Å². The number of amidine groups is 1. The van der Waals surface area contributed by atoms with Crippen LogP contribution in [0, 0.1) is 6.92 Å². The zero-order chi connectivity index (χ0) is 23.5. The summed E-state index contributed by atoms with van der Waals surface area (Å²) in [6.07, 6.45) is 7.46. The number of nitrogens with zero attached hydrogens (tertiary/aromatic N) is 4.